The molecular weight excluding hydrogens is 461 g/mol. The standard InChI is InChI=1S/C25H26FNO4S2/c1-14-20(11-16-5-8-18(9-6-16)33(4)31)19-10-7-17(26)12-21(19)23(14)22(13-32-3)24(25(29)30)27-15(2)28/h5-12,22,24H,13H2,1-4H3,(H,27,28)(H,29,30)/t22?,24-,33?/m0/s1. The van der Waals surface area contributed by atoms with E-state index in [0.29, 0.717) is 11.3 Å². The number of halogens is 1. The maximum Gasteiger partial charge on any atom is 0.326 e. The first-order valence-electron chi connectivity index (χ1n) is 10.3. The van der Waals surface area contributed by atoms with Crippen LogP contribution in [-0.4, -0.2) is 45.5 Å². The van der Waals surface area contributed by atoms with Gasteiger partial charge in [-0.1, -0.05) is 18.2 Å². The molecule has 0 aliphatic heterocycles. The van der Waals surface area contributed by atoms with E-state index in [0.717, 1.165) is 32.7 Å². The van der Waals surface area contributed by atoms with E-state index in [2.05, 4.69) is 5.32 Å². The number of benzene rings is 2. The third-order valence-corrected chi connectivity index (χ3v) is 7.27. The van der Waals surface area contributed by atoms with Gasteiger partial charge in [-0.3, -0.25) is 9.00 Å². The number of hydrogen-bond donors (Lipinski definition) is 2. The Morgan fingerprint density at radius 3 is 2.39 bits per heavy atom. The summed E-state index contributed by atoms with van der Waals surface area (Å²) in [4.78, 5) is 24.6. The lowest BCUT2D eigenvalue weighted by Crippen LogP contribution is -2.46. The van der Waals surface area contributed by atoms with Gasteiger partial charge in [0.15, 0.2) is 0 Å². The molecule has 1 aliphatic rings. The van der Waals surface area contributed by atoms with Crippen molar-refractivity contribution in [3.63, 3.8) is 0 Å². The van der Waals surface area contributed by atoms with E-state index in [9.17, 15) is 23.3 Å². The van der Waals surface area contributed by atoms with Crippen LogP contribution >= 0.6 is 11.8 Å². The van der Waals surface area contributed by atoms with E-state index in [1.54, 1.807) is 24.5 Å². The van der Waals surface area contributed by atoms with E-state index in [1.807, 2.05) is 31.4 Å². The van der Waals surface area contributed by atoms with Crippen LogP contribution in [-0.2, 0) is 20.4 Å². The molecule has 0 saturated heterocycles. The summed E-state index contributed by atoms with van der Waals surface area (Å²) in [6.07, 6.45) is 5.45. The molecule has 0 fully saturated rings. The van der Waals surface area contributed by atoms with Crippen molar-refractivity contribution in [2.45, 2.75) is 24.8 Å². The Balaban J connectivity index is 2.19. The second-order valence-corrected chi connectivity index (χ2v) is 10.2. The Bertz CT molecular complexity index is 1170. The number of carbonyl (C=O) groups excluding carboxylic acids is 1. The average molecular weight is 488 g/mol. The predicted molar refractivity (Wildman–Crippen MR) is 133 cm³/mol. The molecule has 2 aromatic carbocycles. The molecule has 8 heteroatoms. The van der Waals surface area contributed by atoms with Crippen LogP contribution in [0.1, 0.15) is 30.5 Å². The molecule has 2 aromatic rings. The molecular formula is C25H26FNO4S2. The van der Waals surface area contributed by atoms with Gasteiger partial charge < -0.3 is 10.4 Å². The molecule has 1 amide bonds. The average Bonchev–Trinajstić information content (AvgIpc) is 3.01. The topological polar surface area (TPSA) is 83.5 Å². The quantitative estimate of drug-likeness (QED) is 0.575. The van der Waals surface area contributed by atoms with Gasteiger partial charge in [-0.2, -0.15) is 11.8 Å². The second-order valence-electron chi connectivity index (χ2n) is 7.89. The maximum absolute atomic E-state index is 14.3. The van der Waals surface area contributed by atoms with Gasteiger partial charge in [0.2, 0.25) is 5.91 Å². The van der Waals surface area contributed by atoms with Gasteiger partial charge in [0.1, 0.15) is 11.9 Å². The van der Waals surface area contributed by atoms with Crippen molar-refractivity contribution in [2.75, 3.05) is 18.3 Å². The van der Waals surface area contributed by atoms with Gasteiger partial charge in [-0.05, 0) is 76.9 Å². The van der Waals surface area contributed by atoms with Crippen molar-refractivity contribution < 1.29 is 23.3 Å². The third-order valence-electron chi connectivity index (χ3n) is 5.64. The number of carbonyl (C=O) groups is 2. The van der Waals surface area contributed by atoms with Gasteiger partial charge >= 0.3 is 5.97 Å². The summed E-state index contributed by atoms with van der Waals surface area (Å²) in [5, 5.41) is 12.4. The van der Waals surface area contributed by atoms with Gasteiger partial charge in [0, 0.05) is 40.5 Å². The van der Waals surface area contributed by atoms with E-state index >= 15 is 0 Å². The van der Waals surface area contributed by atoms with Crippen molar-refractivity contribution in [1.82, 2.24) is 5.32 Å². The number of carboxylic acids is 1. The molecule has 0 spiro atoms. The lowest BCUT2D eigenvalue weighted by Gasteiger charge is -2.26. The molecule has 5 nitrogen and oxygen atoms in total. The molecule has 33 heavy (non-hydrogen) atoms. The smallest absolute Gasteiger partial charge is 0.326 e. The number of amides is 1. The van der Waals surface area contributed by atoms with Gasteiger partial charge in [0.05, 0.1) is 0 Å². The summed E-state index contributed by atoms with van der Waals surface area (Å²) in [6.45, 7) is 3.18. The molecule has 2 unspecified atom stereocenters. The number of nitrogens with one attached hydrogen (secondary N) is 1. The number of hydrogen-bond acceptors (Lipinski definition) is 4. The number of fused-ring (bicyclic) bond motifs is 1. The minimum absolute atomic E-state index is 0.413. The maximum atomic E-state index is 14.3. The van der Waals surface area contributed by atoms with Crippen LogP contribution in [0, 0.1) is 11.7 Å². The van der Waals surface area contributed by atoms with Crippen LogP contribution in [0.3, 0.4) is 0 Å². The van der Waals surface area contributed by atoms with Crippen molar-refractivity contribution in [3.8, 4) is 0 Å². The molecule has 0 heterocycles. The first kappa shape index (κ1) is 24.9. The van der Waals surface area contributed by atoms with Crippen LogP contribution in [0.5, 0.6) is 0 Å². The van der Waals surface area contributed by atoms with Crippen LogP contribution in [0.25, 0.3) is 17.2 Å². The van der Waals surface area contributed by atoms with Crippen LogP contribution in [0.15, 0.2) is 52.9 Å². The molecule has 3 rings (SSSR count). The lowest BCUT2D eigenvalue weighted by atomic mass is 9.87. The summed E-state index contributed by atoms with van der Waals surface area (Å²) < 4.78 is 26.0. The molecule has 174 valence electrons. The molecule has 0 radical (unpaired) electrons. The largest absolute Gasteiger partial charge is 0.480 e. The molecule has 2 N–H and O–H groups in total. The summed E-state index contributed by atoms with van der Waals surface area (Å²) in [5.41, 5.74) is 4.76. The zero-order valence-corrected chi connectivity index (χ0v) is 20.5. The molecule has 0 aromatic heterocycles. The minimum Gasteiger partial charge on any atom is -0.480 e. The van der Waals surface area contributed by atoms with Crippen LogP contribution < -0.4 is 5.32 Å². The monoisotopic (exact) mass is 487 g/mol. The first-order chi connectivity index (χ1) is 15.6. The fourth-order valence-corrected chi connectivity index (χ4v) is 5.43. The highest BCUT2D eigenvalue weighted by molar-refractivity contribution is 7.98. The fraction of sp³-hybridized carbons (Fsp3) is 0.280. The molecule has 1 aliphatic carbocycles. The summed E-state index contributed by atoms with van der Waals surface area (Å²) >= 11 is 1.47. The molecule has 0 saturated carbocycles. The minimum atomic E-state index is -1.14. The van der Waals surface area contributed by atoms with E-state index < -0.39 is 40.5 Å². The Morgan fingerprint density at radius 2 is 1.85 bits per heavy atom. The highest BCUT2D eigenvalue weighted by Crippen LogP contribution is 2.47. The van der Waals surface area contributed by atoms with Crippen molar-refractivity contribution in [3.05, 3.63) is 70.5 Å². The zero-order valence-electron chi connectivity index (χ0n) is 18.8. The zero-order chi connectivity index (χ0) is 24.3. The normalized spacial score (nSPS) is 16.9. The fourth-order valence-electron chi connectivity index (χ4n) is 4.19. The van der Waals surface area contributed by atoms with Crippen molar-refractivity contribution in [2.24, 2.45) is 5.92 Å². The van der Waals surface area contributed by atoms with E-state index in [-0.39, 0.29) is 0 Å². The van der Waals surface area contributed by atoms with Gasteiger partial charge in [-0.25, -0.2) is 9.18 Å². The number of allylic oxidation sites excluding steroid dienone is 2. The summed E-state index contributed by atoms with van der Waals surface area (Å²) in [6, 6.07) is 10.7. The number of carboxylic acid groups (broad SMARTS) is 1. The van der Waals surface area contributed by atoms with Gasteiger partial charge in [0.25, 0.3) is 0 Å². The Labute approximate surface area is 199 Å². The van der Waals surface area contributed by atoms with E-state index in [4.69, 9.17) is 0 Å². The SMILES string of the molecule is CSCC(C1=C(C)C(=Cc2ccc(S(C)=O)cc2)c2ccc(F)cc21)[C@H](NC(C)=O)C(=O)O. The Morgan fingerprint density at radius 1 is 1.18 bits per heavy atom. The highest BCUT2D eigenvalue weighted by Gasteiger charge is 2.37. The number of aliphatic carboxylic acids is 1. The van der Waals surface area contributed by atoms with Crippen LogP contribution in [0.2, 0.25) is 0 Å². The van der Waals surface area contributed by atoms with Crippen molar-refractivity contribution in [1.29, 1.82) is 0 Å². The first-order valence-corrected chi connectivity index (χ1v) is 13.2. The number of thioether (sulfide) groups is 1. The third kappa shape index (κ3) is 5.45. The predicted octanol–water partition coefficient (Wildman–Crippen LogP) is 4.46. The second kappa shape index (κ2) is 10.5. The van der Waals surface area contributed by atoms with E-state index in [1.165, 1.54) is 30.8 Å². The Hall–Kier alpha value is -2.71. The summed E-state index contributed by atoms with van der Waals surface area (Å²) in [7, 11) is -1.08. The van der Waals surface area contributed by atoms with Crippen molar-refractivity contribution >= 4 is 51.7 Å². The molecule has 0 bridgehead atoms. The Kier molecular flexibility index (Phi) is 7.92. The van der Waals surface area contributed by atoms with Gasteiger partial charge in [-0.15, -0.1) is 0 Å². The summed E-state index contributed by atoms with van der Waals surface area (Å²) in [5.74, 6) is -2.11. The highest BCUT2D eigenvalue weighted by atomic mass is 32.2. The molecule has 3 atom stereocenters. The number of rotatable bonds is 8. The van der Waals surface area contributed by atoms with Crippen LogP contribution in [0.4, 0.5) is 4.39 Å². The lowest BCUT2D eigenvalue weighted by molar-refractivity contribution is -0.142.